The van der Waals surface area contributed by atoms with E-state index in [0.29, 0.717) is 12.4 Å². The lowest BCUT2D eigenvalue weighted by Crippen LogP contribution is -2.15. The second-order valence-electron chi connectivity index (χ2n) is 5.08. The Labute approximate surface area is 114 Å². The third-order valence-corrected chi connectivity index (χ3v) is 3.73. The van der Waals surface area contributed by atoms with Crippen molar-refractivity contribution in [3.63, 3.8) is 0 Å². The Morgan fingerprint density at radius 3 is 2.58 bits per heavy atom. The fourth-order valence-electron chi connectivity index (χ4n) is 2.53. The molecule has 3 heteroatoms. The van der Waals surface area contributed by atoms with E-state index in [1.54, 1.807) is 7.11 Å². The van der Waals surface area contributed by atoms with Crippen LogP contribution in [0.2, 0.25) is 0 Å². The maximum atomic E-state index is 11.9. The van der Waals surface area contributed by atoms with E-state index in [4.69, 9.17) is 9.47 Å². The van der Waals surface area contributed by atoms with E-state index in [1.165, 1.54) is 12.8 Å². The van der Waals surface area contributed by atoms with Crippen LogP contribution in [0.3, 0.4) is 0 Å². The van der Waals surface area contributed by atoms with Gasteiger partial charge in [-0.1, -0.05) is 12.8 Å². The van der Waals surface area contributed by atoms with Crippen molar-refractivity contribution in [1.82, 2.24) is 0 Å². The van der Waals surface area contributed by atoms with E-state index in [2.05, 4.69) is 0 Å². The molecule has 0 aromatic heterocycles. The summed E-state index contributed by atoms with van der Waals surface area (Å²) in [5.74, 6) is 2.30. The minimum Gasteiger partial charge on any atom is -0.497 e. The predicted octanol–water partition coefficient (Wildman–Crippen LogP) is 3.61. The first kappa shape index (κ1) is 13.9. The van der Waals surface area contributed by atoms with Crippen molar-refractivity contribution in [2.45, 2.75) is 38.5 Å². The van der Waals surface area contributed by atoms with Gasteiger partial charge >= 0.3 is 0 Å². The lowest BCUT2D eigenvalue weighted by Gasteiger charge is -2.13. The third kappa shape index (κ3) is 4.27. The molecular formula is C16H22O3. The van der Waals surface area contributed by atoms with Crippen LogP contribution in [-0.2, 0) is 4.79 Å². The molecule has 0 radical (unpaired) electrons. The van der Waals surface area contributed by atoms with Gasteiger partial charge in [-0.05, 0) is 43.5 Å². The first-order valence-electron chi connectivity index (χ1n) is 7.09. The van der Waals surface area contributed by atoms with Crippen LogP contribution in [0.5, 0.6) is 11.5 Å². The van der Waals surface area contributed by atoms with Gasteiger partial charge in [-0.2, -0.15) is 0 Å². The summed E-state index contributed by atoms with van der Waals surface area (Å²) < 4.78 is 10.8. The minimum absolute atomic E-state index is 0.209. The molecule has 104 valence electrons. The second kappa shape index (κ2) is 7.17. The van der Waals surface area contributed by atoms with Crippen LogP contribution in [0.25, 0.3) is 0 Å². The van der Waals surface area contributed by atoms with E-state index >= 15 is 0 Å². The zero-order valence-corrected chi connectivity index (χ0v) is 11.6. The van der Waals surface area contributed by atoms with Crippen LogP contribution in [-0.4, -0.2) is 19.5 Å². The van der Waals surface area contributed by atoms with Crippen molar-refractivity contribution in [3.8, 4) is 11.5 Å². The Morgan fingerprint density at radius 1 is 1.11 bits per heavy atom. The van der Waals surface area contributed by atoms with Gasteiger partial charge in [0.25, 0.3) is 0 Å². The largest absolute Gasteiger partial charge is 0.497 e. The van der Waals surface area contributed by atoms with E-state index in [9.17, 15) is 4.79 Å². The number of methoxy groups -OCH3 is 1. The van der Waals surface area contributed by atoms with Crippen molar-refractivity contribution in [1.29, 1.82) is 0 Å². The summed E-state index contributed by atoms with van der Waals surface area (Å²) in [4.78, 5) is 11.9. The molecule has 0 spiro atoms. The number of hydrogen-bond donors (Lipinski definition) is 0. The zero-order chi connectivity index (χ0) is 13.5. The molecule has 1 aromatic carbocycles. The summed E-state index contributed by atoms with van der Waals surface area (Å²) >= 11 is 0. The van der Waals surface area contributed by atoms with Gasteiger partial charge in [0.05, 0.1) is 13.7 Å². The summed E-state index contributed by atoms with van der Waals surface area (Å²) in [7, 11) is 1.65. The molecule has 1 aliphatic rings. The predicted molar refractivity (Wildman–Crippen MR) is 74.7 cm³/mol. The second-order valence-corrected chi connectivity index (χ2v) is 5.08. The normalized spacial score (nSPS) is 19.8. The highest BCUT2D eigenvalue weighted by atomic mass is 16.5. The molecular weight excluding hydrogens is 240 g/mol. The molecule has 0 aliphatic heterocycles. The van der Waals surface area contributed by atoms with Gasteiger partial charge in [0.1, 0.15) is 17.3 Å². The molecule has 1 saturated carbocycles. The average Bonchev–Trinajstić information content (AvgIpc) is 2.65. The van der Waals surface area contributed by atoms with Crippen molar-refractivity contribution in [2.24, 2.45) is 5.92 Å². The molecule has 0 bridgehead atoms. The molecule has 0 N–H and O–H groups in total. The molecule has 1 aliphatic carbocycles. The highest BCUT2D eigenvalue weighted by Gasteiger charge is 2.20. The van der Waals surface area contributed by atoms with Gasteiger partial charge in [0, 0.05) is 12.3 Å². The first-order chi connectivity index (χ1) is 9.29. The zero-order valence-electron chi connectivity index (χ0n) is 11.6. The Bertz CT molecular complexity index is 397. The van der Waals surface area contributed by atoms with E-state index in [1.807, 2.05) is 24.3 Å². The van der Waals surface area contributed by atoms with Gasteiger partial charge in [-0.25, -0.2) is 0 Å². The number of ether oxygens (including phenoxy) is 2. The Kier molecular flexibility index (Phi) is 5.25. The quantitative estimate of drug-likeness (QED) is 0.760. The number of carbonyl (C=O) groups is 1. The van der Waals surface area contributed by atoms with Crippen molar-refractivity contribution < 1.29 is 14.3 Å². The summed E-state index contributed by atoms with van der Waals surface area (Å²) in [5.41, 5.74) is 0. The van der Waals surface area contributed by atoms with Crippen LogP contribution in [0, 0.1) is 5.92 Å². The summed E-state index contributed by atoms with van der Waals surface area (Å²) in [6.45, 7) is 0.614. The maximum absolute atomic E-state index is 11.9. The number of hydrogen-bond acceptors (Lipinski definition) is 3. The number of Topliss-reactive ketones (excluding diaryl/α,β-unsaturated/α-hetero) is 1. The first-order valence-corrected chi connectivity index (χ1v) is 7.09. The topological polar surface area (TPSA) is 35.5 Å². The minimum atomic E-state index is 0.209. The van der Waals surface area contributed by atoms with Crippen LogP contribution >= 0.6 is 0 Å². The molecule has 0 amide bonds. The van der Waals surface area contributed by atoms with E-state index < -0.39 is 0 Å². The van der Waals surface area contributed by atoms with Gasteiger partial charge in [0.2, 0.25) is 0 Å². The Balaban J connectivity index is 1.77. The van der Waals surface area contributed by atoms with Crippen LogP contribution in [0.4, 0.5) is 0 Å². The van der Waals surface area contributed by atoms with Gasteiger partial charge in [-0.3, -0.25) is 4.79 Å². The molecule has 19 heavy (non-hydrogen) atoms. The fraction of sp³-hybridized carbons (Fsp3) is 0.562. The summed E-state index contributed by atoms with van der Waals surface area (Å²) in [6, 6.07) is 7.56. The van der Waals surface area contributed by atoms with E-state index in [0.717, 1.165) is 37.2 Å². The fourth-order valence-corrected chi connectivity index (χ4v) is 2.53. The molecule has 3 nitrogen and oxygen atoms in total. The van der Waals surface area contributed by atoms with Gasteiger partial charge < -0.3 is 9.47 Å². The Hall–Kier alpha value is -1.51. The van der Waals surface area contributed by atoms with Crippen LogP contribution in [0.1, 0.15) is 38.5 Å². The molecule has 0 saturated heterocycles. The highest BCUT2D eigenvalue weighted by molar-refractivity contribution is 5.81. The SMILES string of the molecule is COc1ccc(OCCC2CCCCCC2=O)cc1. The lowest BCUT2D eigenvalue weighted by molar-refractivity contribution is -0.123. The van der Waals surface area contributed by atoms with E-state index in [-0.39, 0.29) is 5.92 Å². The van der Waals surface area contributed by atoms with Gasteiger partial charge in [-0.15, -0.1) is 0 Å². The molecule has 1 atom stereocenters. The summed E-state index contributed by atoms with van der Waals surface area (Å²) in [6.07, 6.45) is 6.07. The Morgan fingerprint density at radius 2 is 1.84 bits per heavy atom. The third-order valence-electron chi connectivity index (χ3n) is 3.73. The standard InChI is InChI=1S/C16H22O3/c1-18-14-7-9-15(10-8-14)19-12-11-13-5-3-2-4-6-16(13)17/h7-10,13H,2-6,11-12H2,1H3. The lowest BCUT2D eigenvalue weighted by atomic mass is 9.96. The molecule has 1 unspecified atom stereocenters. The number of rotatable bonds is 5. The summed E-state index contributed by atoms with van der Waals surface area (Å²) in [5, 5.41) is 0. The number of benzene rings is 1. The van der Waals surface area contributed by atoms with Crippen molar-refractivity contribution in [3.05, 3.63) is 24.3 Å². The highest BCUT2D eigenvalue weighted by Crippen LogP contribution is 2.23. The number of ketones is 1. The number of carbonyl (C=O) groups excluding carboxylic acids is 1. The van der Waals surface area contributed by atoms with Gasteiger partial charge in [0.15, 0.2) is 0 Å². The molecule has 0 heterocycles. The monoisotopic (exact) mass is 262 g/mol. The molecule has 1 aromatic rings. The van der Waals surface area contributed by atoms with Crippen molar-refractivity contribution in [2.75, 3.05) is 13.7 Å². The molecule has 2 rings (SSSR count). The maximum Gasteiger partial charge on any atom is 0.136 e. The average molecular weight is 262 g/mol. The molecule has 1 fully saturated rings. The van der Waals surface area contributed by atoms with Crippen molar-refractivity contribution >= 4 is 5.78 Å². The van der Waals surface area contributed by atoms with Crippen LogP contribution < -0.4 is 9.47 Å². The smallest absolute Gasteiger partial charge is 0.136 e. The van der Waals surface area contributed by atoms with Crippen LogP contribution in [0.15, 0.2) is 24.3 Å².